The number of H-pyrrole nitrogens is 1. The molecule has 1 saturated heterocycles. The molecule has 10 nitrogen and oxygen atoms in total. The third kappa shape index (κ3) is 6.58. The number of ether oxygens (including phenoxy) is 2. The highest BCUT2D eigenvalue weighted by Gasteiger charge is 2.49. The molecule has 4 aromatic rings. The van der Waals surface area contributed by atoms with Crippen molar-refractivity contribution in [2.24, 2.45) is 0 Å². The van der Waals surface area contributed by atoms with Gasteiger partial charge in [-0.1, -0.05) is 18.2 Å². The first-order valence-corrected chi connectivity index (χ1v) is 13.6. The Morgan fingerprint density at radius 2 is 1.86 bits per heavy atom. The zero-order valence-electron chi connectivity index (χ0n) is 23.3. The SMILES string of the molecule is COC[C@@]1(F)C[C@@H](C(=O)NC(C)c2cc3cnccc3[nH]2)N(C(=O)CNC(=O)c2ccc(Oc3ccccc3)cc2)C1. The molecule has 1 fully saturated rings. The van der Waals surface area contributed by atoms with E-state index in [9.17, 15) is 14.4 Å². The molecule has 1 aliphatic rings. The van der Waals surface area contributed by atoms with E-state index in [1.54, 1.807) is 43.6 Å². The summed E-state index contributed by atoms with van der Waals surface area (Å²) in [5.74, 6) is -0.346. The fourth-order valence-corrected chi connectivity index (χ4v) is 5.07. The van der Waals surface area contributed by atoms with Crippen LogP contribution in [0.4, 0.5) is 4.39 Å². The number of rotatable bonds is 10. The highest BCUT2D eigenvalue weighted by atomic mass is 19.1. The van der Waals surface area contributed by atoms with Gasteiger partial charge in [-0.2, -0.15) is 0 Å². The van der Waals surface area contributed by atoms with E-state index in [-0.39, 0.29) is 19.6 Å². The molecular weight excluding hydrogens is 541 g/mol. The Balaban J connectivity index is 1.21. The minimum absolute atomic E-state index is 0.224. The minimum Gasteiger partial charge on any atom is -0.457 e. The average Bonchev–Trinajstić information content (AvgIpc) is 3.58. The highest BCUT2D eigenvalue weighted by molar-refractivity contribution is 5.97. The normalized spacial score (nSPS) is 18.9. The quantitative estimate of drug-likeness (QED) is 0.264. The van der Waals surface area contributed by atoms with Crippen molar-refractivity contribution in [1.82, 2.24) is 25.5 Å². The van der Waals surface area contributed by atoms with Crippen LogP contribution < -0.4 is 15.4 Å². The van der Waals surface area contributed by atoms with Crippen molar-refractivity contribution >= 4 is 28.6 Å². The molecule has 42 heavy (non-hydrogen) atoms. The van der Waals surface area contributed by atoms with Crippen LogP contribution in [0.3, 0.4) is 0 Å². The molecule has 5 rings (SSSR count). The summed E-state index contributed by atoms with van der Waals surface area (Å²) in [5, 5.41) is 6.36. The van der Waals surface area contributed by atoms with Crippen LogP contribution in [-0.4, -0.2) is 71.1 Å². The van der Waals surface area contributed by atoms with Gasteiger partial charge in [0.1, 0.15) is 17.5 Å². The van der Waals surface area contributed by atoms with Gasteiger partial charge in [0.25, 0.3) is 5.91 Å². The van der Waals surface area contributed by atoms with Crippen LogP contribution in [0.5, 0.6) is 11.5 Å². The monoisotopic (exact) mass is 573 g/mol. The molecule has 3 atom stereocenters. The molecule has 0 saturated carbocycles. The number of hydrogen-bond donors (Lipinski definition) is 3. The maximum atomic E-state index is 15.6. The van der Waals surface area contributed by atoms with Crippen molar-refractivity contribution in [3.8, 4) is 11.5 Å². The predicted molar refractivity (Wildman–Crippen MR) is 154 cm³/mol. The second-order valence-electron chi connectivity index (χ2n) is 10.4. The minimum atomic E-state index is -1.90. The van der Waals surface area contributed by atoms with Crippen molar-refractivity contribution in [2.75, 3.05) is 26.8 Å². The number of likely N-dealkylation sites (tertiary alicyclic amines) is 1. The van der Waals surface area contributed by atoms with Gasteiger partial charge in [-0.05, 0) is 55.5 Å². The Bertz CT molecular complexity index is 1530. The summed E-state index contributed by atoms with van der Waals surface area (Å²) >= 11 is 0. The van der Waals surface area contributed by atoms with Crippen LogP contribution >= 0.6 is 0 Å². The predicted octanol–water partition coefficient (Wildman–Crippen LogP) is 3.92. The van der Waals surface area contributed by atoms with E-state index in [1.165, 1.54) is 12.0 Å². The van der Waals surface area contributed by atoms with Gasteiger partial charge in [0, 0.05) is 48.1 Å². The number of hydrogen-bond acceptors (Lipinski definition) is 6. The van der Waals surface area contributed by atoms with E-state index >= 15 is 4.39 Å². The van der Waals surface area contributed by atoms with Crippen molar-refractivity contribution in [2.45, 2.75) is 31.1 Å². The van der Waals surface area contributed by atoms with Gasteiger partial charge in [-0.25, -0.2) is 4.39 Å². The molecule has 2 aromatic carbocycles. The van der Waals surface area contributed by atoms with Gasteiger partial charge < -0.3 is 30.0 Å². The molecule has 3 amide bonds. The summed E-state index contributed by atoms with van der Waals surface area (Å²) in [4.78, 5) is 47.8. The molecule has 3 N–H and O–H groups in total. The number of nitrogens with zero attached hydrogens (tertiary/aromatic N) is 2. The Hall–Kier alpha value is -4.77. The number of alkyl halides is 1. The van der Waals surface area contributed by atoms with Crippen molar-refractivity contribution in [3.63, 3.8) is 0 Å². The molecule has 0 radical (unpaired) electrons. The van der Waals surface area contributed by atoms with Gasteiger partial charge in [-0.15, -0.1) is 0 Å². The molecule has 0 bridgehead atoms. The summed E-state index contributed by atoms with van der Waals surface area (Å²) in [7, 11) is 1.37. The Kier molecular flexibility index (Phi) is 8.48. The van der Waals surface area contributed by atoms with Gasteiger partial charge in [0.05, 0.1) is 25.7 Å². The lowest BCUT2D eigenvalue weighted by atomic mass is 10.0. The number of halogens is 1. The highest BCUT2D eigenvalue weighted by Crippen LogP contribution is 2.32. The summed E-state index contributed by atoms with van der Waals surface area (Å²) in [6, 6.07) is 17.9. The molecule has 1 aliphatic heterocycles. The molecule has 3 heterocycles. The molecule has 2 aromatic heterocycles. The van der Waals surface area contributed by atoms with E-state index in [4.69, 9.17) is 9.47 Å². The van der Waals surface area contributed by atoms with Crippen molar-refractivity contribution in [3.05, 3.63) is 90.4 Å². The largest absolute Gasteiger partial charge is 0.457 e. The number of methoxy groups -OCH3 is 1. The Labute approximate surface area is 242 Å². The standard InChI is InChI=1S/C31H32FN5O5/c1-20(26-14-22-16-33-13-12-25(22)36-26)35-30(40)27-15-31(32,19-41-2)18-37(27)28(38)17-34-29(39)21-8-10-24(11-9-21)42-23-6-4-3-5-7-23/h3-14,16,20,27,36H,15,17-19H2,1-2H3,(H,34,39)(H,35,40)/t20?,27-,31+/m0/s1. The van der Waals surface area contributed by atoms with Gasteiger partial charge in [0.15, 0.2) is 5.67 Å². The molecule has 11 heteroatoms. The topological polar surface area (TPSA) is 126 Å². The number of benzene rings is 2. The first-order valence-electron chi connectivity index (χ1n) is 13.6. The third-order valence-electron chi connectivity index (χ3n) is 7.18. The Morgan fingerprint density at radius 1 is 1.12 bits per heavy atom. The lowest BCUT2D eigenvalue weighted by molar-refractivity contribution is -0.138. The zero-order valence-corrected chi connectivity index (χ0v) is 23.3. The van der Waals surface area contributed by atoms with E-state index in [0.717, 1.165) is 16.6 Å². The second-order valence-corrected chi connectivity index (χ2v) is 10.4. The van der Waals surface area contributed by atoms with Gasteiger partial charge in [0.2, 0.25) is 11.8 Å². The van der Waals surface area contributed by atoms with Crippen LogP contribution in [-0.2, 0) is 14.3 Å². The third-order valence-corrected chi connectivity index (χ3v) is 7.18. The van der Waals surface area contributed by atoms with Gasteiger partial charge in [-0.3, -0.25) is 19.4 Å². The van der Waals surface area contributed by atoms with E-state index in [2.05, 4.69) is 20.6 Å². The number of aromatic nitrogens is 2. The molecule has 0 aliphatic carbocycles. The van der Waals surface area contributed by atoms with E-state index in [0.29, 0.717) is 17.1 Å². The first kappa shape index (κ1) is 28.7. The smallest absolute Gasteiger partial charge is 0.251 e. The number of pyridine rings is 1. The van der Waals surface area contributed by atoms with Crippen LogP contribution in [0, 0.1) is 0 Å². The number of nitrogens with one attached hydrogen (secondary N) is 3. The fourth-order valence-electron chi connectivity index (χ4n) is 5.07. The number of carbonyl (C=O) groups excluding carboxylic acids is 3. The average molecular weight is 574 g/mol. The maximum Gasteiger partial charge on any atom is 0.251 e. The van der Waals surface area contributed by atoms with Crippen LogP contribution in [0.1, 0.15) is 35.4 Å². The van der Waals surface area contributed by atoms with E-state index in [1.807, 2.05) is 42.5 Å². The van der Waals surface area contributed by atoms with Crippen LogP contribution in [0.25, 0.3) is 10.9 Å². The van der Waals surface area contributed by atoms with Gasteiger partial charge >= 0.3 is 0 Å². The Morgan fingerprint density at radius 3 is 2.57 bits per heavy atom. The molecule has 218 valence electrons. The summed E-state index contributed by atoms with van der Waals surface area (Å²) < 4.78 is 26.4. The number of fused-ring (bicyclic) bond motifs is 1. The lowest BCUT2D eigenvalue weighted by Crippen LogP contribution is -2.49. The molecule has 1 unspecified atom stereocenters. The first-order chi connectivity index (χ1) is 20.2. The summed E-state index contributed by atoms with van der Waals surface area (Å²) in [5.41, 5.74) is 0.0374. The van der Waals surface area contributed by atoms with Crippen molar-refractivity contribution < 1.29 is 28.2 Å². The zero-order chi connectivity index (χ0) is 29.7. The van der Waals surface area contributed by atoms with Crippen molar-refractivity contribution in [1.29, 1.82) is 0 Å². The second kappa shape index (κ2) is 12.4. The summed E-state index contributed by atoms with van der Waals surface area (Å²) in [6.07, 6.45) is 3.15. The van der Waals surface area contributed by atoms with Crippen LogP contribution in [0.15, 0.2) is 79.1 Å². The molecular formula is C31H32FN5O5. The fraction of sp³-hybridized carbons (Fsp3) is 0.290. The number of aromatic amines is 1. The van der Waals surface area contributed by atoms with E-state index < -0.39 is 42.0 Å². The number of carbonyl (C=O) groups is 3. The number of para-hydroxylation sites is 1. The molecule has 0 spiro atoms. The van der Waals surface area contributed by atoms with Crippen LogP contribution in [0.2, 0.25) is 0 Å². The lowest BCUT2D eigenvalue weighted by Gasteiger charge is -2.25. The summed E-state index contributed by atoms with van der Waals surface area (Å²) in [6.45, 7) is 0.796. The number of amides is 3. The maximum absolute atomic E-state index is 15.6.